The lowest BCUT2D eigenvalue weighted by atomic mass is 10.1. The molecule has 1 aromatic carbocycles. The minimum absolute atomic E-state index is 0.000561. The Labute approximate surface area is 109 Å². The zero-order chi connectivity index (χ0) is 13.9. The number of nitrogens with zero attached hydrogens (tertiary/aromatic N) is 1. The summed E-state index contributed by atoms with van der Waals surface area (Å²) >= 11 is 0. The summed E-state index contributed by atoms with van der Waals surface area (Å²) in [5.41, 5.74) is 2.26. The van der Waals surface area contributed by atoms with Crippen molar-refractivity contribution < 1.29 is 13.2 Å². The van der Waals surface area contributed by atoms with Gasteiger partial charge in [-0.2, -0.15) is 0 Å². The van der Waals surface area contributed by atoms with Crippen LogP contribution in [0, 0.1) is 0 Å². The first-order valence-corrected chi connectivity index (χ1v) is 7.86. The minimum Gasteiger partial charge on any atom is -0.295 e. The maximum absolute atomic E-state index is 11.5. The van der Waals surface area contributed by atoms with Crippen LogP contribution in [0.2, 0.25) is 0 Å². The van der Waals surface area contributed by atoms with E-state index in [1.807, 2.05) is 13.8 Å². The van der Waals surface area contributed by atoms with Crippen molar-refractivity contribution in [2.75, 3.05) is 17.1 Å². The van der Waals surface area contributed by atoms with Gasteiger partial charge in [0.1, 0.15) is 0 Å². The predicted molar refractivity (Wildman–Crippen MR) is 73.7 cm³/mol. The highest BCUT2D eigenvalue weighted by molar-refractivity contribution is 7.92. The SMILES string of the molecule is CC.CC(=O)c1ccc2c(c1)CCN2S(C)(=O)=O. The Kier molecular flexibility index (Phi) is 4.51. The number of fused-ring (bicyclic) bond motifs is 1. The summed E-state index contributed by atoms with van der Waals surface area (Å²) in [5.74, 6) is 0.000561. The van der Waals surface area contributed by atoms with Crippen molar-refractivity contribution in [1.29, 1.82) is 0 Å². The topological polar surface area (TPSA) is 54.5 Å². The van der Waals surface area contributed by atoms with Gasteiger partial charge in [-0.05, 0) is 37.1 Å². The molecule has 0 bridgehead atoms. The first kappa shape index (κ1) is 14.7. The third-order valence-corrected chi connectivity index (χ3v) is 3.92. The Bertz CT molecular complexity index is 549. The highest BCUT2D eigenvalue weighted by atomic mass is 32.2. The van der Waals surface area contributed by atoms with Crippen molar-refractivity contribution in [3.05, 3.63) is 29.3 Å². The van der Waals surface area contributed by atoms with E-state index >= 15 is 0 Å². The van der Waals surface area contributed by atoms with E-state index in [1.54, 1.807) is 18.2 Å². The molecule has 0 saturated carbocycles. The van der Waals surface area contributed by atoms with Crippen molar-refractivity contribution in [1.82, 2.24) is 0 Å². The number of Topliss-reactive ketones (excluding diaryl/α,β-unsaturated/α-hetero) is 1. The molecule has 0 radical (unpaired) electrons. The molecular formula is C13H19NO3S. The number of carbonyl (C=O) groups is 1. The van der Waals surface area contributed by atoms with E-state index in [2.05, 4.69) is 0 Å². The molecule has 1 aromatic rings. The molecular weight excluding hydrogens is 250 g/mol. The average Bonchev–Trinajstić information content (AvgIpc) is 2.73. The van der Waals surface area contributed by atoms with Crippen molar-refractivity contribution in [3.63, 3.8) is 0 Å². The molecule has 0 spiro atoms. The zero-order valence-corrected chi connectivity index (χ0v) is 12.0. The fourth-order valence-corrected chi connectivity index (χ4v) is 2.89. The minimum atomic E-state index is -3.20. The van der Waals surface area contributed by atoms with E-state index in [0.29, 0.717) is 24.2 Å². The Balaban J connectivity index is 0.000000771. The van der Waals surface area contributed by atoms with E-state index in [4.69, 9.17) is 0 Å². The van der Waals surface area contributed by atoms with E-state index in [1.165, 1.54) is 17.5 Å². The van der Waals surface area contributed by atoms with Crippen molar-refractivity contribution in [2.45, 2.75) is 27.2 Å². The molecule has 0 N–H and O–H groups in total. The van der Waals surface area contributed by atoms with Crippen molar-refractivity contribution in [2.24, 2.45) is 0 Å². The number of carbonyl (C=O) groups excluding carboxylic acids is 1. The molecule has 100 valence electrons. The number of anilines is 1. The smallest absolute Gasteiger partial charge is 0.232 e. The molecule has 0 aliphatic carbocycles. The van der Waals surface area contributed by atoms with Gasteiger partial charge in [0.25, 0.3) is 0 Å². The number of hydrogen-bond acceptors (Lipinski definition) is 3. The molecule has 0 unspecified atom stereocenters. The highest BCUT2D eigenvalue weighted by Gasteiger charge is 2.26. The van der Waals surface area contributed by atoms with Crippen LogP contribution in [0.3, 0.4) is 0 Å². The predicted octanol–water partition coefficient (Wildman–Crippen LogP) is 2.24. The highest BCUT2D eigenvalue weighted by Crippen LogP contribution is 2.30. The lowest BCUT2D eigenvalue weighted by molar-refractivity contribution is 0.101. The molecule has 1 heterocycles. The number of ketones is 1. The van der Waals surface area contributed by atoms with E-state index in [-0.39, 0.29) is 5.78 Å². The fraction of sp³-hybridized carbons (Fsp3) is 0.462. The molecule has 0 aromatic heterocycles. The van der Waals surface area contributed by atoms with Crippen molar-refractivity contribution in [3.8, 4) is 0 Å². The van der Waals surface area contributed by atoms with Crippen LogP contribution in [0.25, 0.3) is 0 Å². The van der Waals surface area contributed by atoms with Gasteiger partial charge in [0.05, 0.1) is 11.9 Å². The van der Waals surface area contributed by atoms with Crippen LogP contribution in [0.1, 0.15) is 36.7 Å². The Morgan fingerprint density at radius 3 is 2.39 bits per heavy atom. The van der Waals surface area contributed by atoms with Gasteiger partial charge in [0, 0.05) is 12.1 Å². The van der Waals surface area contributed by atoms with Gasteiger partial charge < -0.3 is 0 Å². The summed E-state index contributed by atoms with van der Waals surface area (Å²) in [4.78, 5) is 11.2. The van der Waals surface area contributed by atoms with Gasteiger partial charge in [-0.15, -0.1) is 0 Å². The second-order valence-corrected chi connectivity index (χ2v) is 5.89. The Morgan fingerprint density at radius 2 is 1.89 bits per heavy atom. The summed E-state index contributed by atoms with van der Waals surface area (Å²) in [6, 6.07) is 5.16. The van der Waals surface area contributed by atoms with Crippen molar-refractivity contribution >= 4 is 21.5 Å². The van der Waals surface area contributed by atoms with Crippen LogP contribution in [0.15, 0.2) is 18.2 Å². The molecule has 0 fully saturated rings. The molecule has 4 nitrogen and oxygen atoms in total. The van der Waals surface area contributed by atoms with Gasteiger partial charge in [0.15, 0.2) is 5.78 Å². The molecule has 1 aliphatic heterocycles. The maximum atomic E-state index is 11.5. The quantitative estimate of drug-likeness (QED) is 0.774. The normalized spacial score (nSPS) is 13.7. The number of sulfonamides is 1. The Morgan fingerprint density at radius 1 is 1.28 bits per heavy atom. The molecule has 0 saturated heterocycles. The monoisotopic (exact) mass is 269 g/mol. The molecule has 0 atom stereocenters. The van der Waals surface area contributed by atoms with Gasteiger partial charge in [-0.1, -0.05) is 13.8 Å². The Hall–Kier alpha value is -1.36. The van der Waals surface area contributed by atoms with Crippen LogP contribution in [0.5, 0.6) is 0 Å². The van der Waals surface area contributed by atoms with Crippen LogP contribution < -0.4 is 4.31 Å². The lowest BCUT2D eigenvalue weighted by Crippen LogP contribution is -2.27. The summed E-state index contributed by atoms with van der Waals surface area (Å²) in [7, 11) is -3.20. The number of benzene rings is 1. The first-order valence-electron chi connectivity index (χ1n) is 6.01. The second-order valence-electron chi connectivity index (χ2n) is 3.98. The fourth-order valence-electron chi connectivity index (χ4n) is 1.93. The summed E-state index contributed by atoms with van der Waals surface area (Å²) in [6.07, 6.45) is 1.87. The number of rotatable bonds is 2. The molecule has 5 heteroatoms. The third-order valence-electron chi connectivity index (χ3n) is 2.74. The van der Waals surface area contributed by atoms with Gasteiger partial charge in [0.2, 0.25) is 10.0 Å². The summed E-state index contributed by atoms with van der Waals surface area (Å²) < 4.78 is 24.3. The molecule has 18 heavy (non-hydrogen) atoms. The zero-order valence-electron chi connectivity index (χ0n) is 11.2. The van der Waals surface area contributed by atoms with Crippen LogP contribution in [0.4, 0.5) is 5.69 Å². The van der Waals surface area contributed by atoms with Crippen LogP contribution >= 0.6 is 0 Å². The third kappa shape index (κ3) is 2.90. The van der Waals surface area contributed by atoms with Crippen LogP contribution in [-0.2, 0) is 16.4 Å². The first-order chi connectivity index (χ1) is 8.39. The average molecular weight is 269 g/mol. The van der Waals surface area contributed by atoms with E-state index in [9.17, 15) is 13.2 Å². The summed E-state index contributed by atoms with van der Waals surface area (Å²) in [5, 5.41) is 0. The standard InChI is InChI=1S/C11H13NO3S.C2H6/c1-8(13)9-3-4-11-10(7-9)5-6-12(11)16(2,14)15;1-2/h3-4,7H,5-6H2,1-2H3;1-2H3. The van der Waals surface area contributed by atoms with E-state index in [0.717, 1.165) is 5.56 Å². The van der Waals surface area contributed by atoms with Crippen LogP contribution in [-0.4, -0.2) is 27.0 Å². The van der Waals surface area contributed by atoms with Gasteiger partial charge >= 0.3 is 0 Å². The molecule has 2 rings (SSSR count). The van der Waals surface area contributed by atoms with Gasteiger partial charge in [-0.25, -0.2) is 8.42 Å². The van der Waals surface area contributed by atoms with E-state index < -0.39 is 10.0 Å². The van der Waals surface area contributed by atoms with Gasteiger partial charge in [-0.3, -0.25) is 9.10 Å². The molecule has 1 aliphatic rings. The summed E-state index contributed by atoms with van der Waals surface area (Å²) in [6.45, 7) is 5.97. The molecule has 0 amide bonds. The largest absolute Gasteiger partial charge is 0.295 e. The lowest BCUT2D eigenvalue weighted by Gasteiger charge is -2.16. The maximum Gasteiger partial charge on any atom is 0.232 e. The second kappa shape index (κ2) is 5.52. The number of hydrogen-bond donors (Lipinski definition) is 0.